The first-order valence-electron chi connectivity index (χ1n) is 8.13. The monoisotopic (exact) mass is 405 g/mol. The third-order valence-electron chi connectivity index (χ3n) is 5.12. The summed E-state index contributed by atoms with van der Waals surface area (Å²) in [7, 11) is 0. The molecule has 1 aromatic carbocycles. The second kappa shape index (κ2) is 7.14. The molecule has 0 radical (unpaired) electrons. The lowest BCUT2D eigenvalue weighted by atomic mass is 10.0. The number of hydrogen-bond acceptors (Lipinski definition) is 4. The van der Waals surface area contributed by atoms with Crippen LogP contribution < -0.4 is 0 Å². The predicted octanol–water partition coefficient (Wildman–Crippen LogP) is 5.21. The fourth-order valence-corrected chi connectivity index (χ4v) is 3.36. The first kappa shape index (κ1) is 21.2. The summed E-state index contributed by atoms with van der Waals surface area (Å²) in [5.41, 5.74) is 0.819. The Morgan fingerprint density at radius 2 is 1.96 bits per heavy atom. The minimum absolute atomic E-state index is 0.0869. The summed E-state index contributed by atoms with van der Waals surface area (Å²) in [6.45, 7) is 6.42. The van der Waals surface area contributed by atoms with Gasteiger partial charge in [-0.05, 0) is 30.7 Å². The van der Waals surface area contributed by atoms with Crippen LogP contribution >= 0.6 is 11.6 Å². The van der Waals surface area contributed by atoms with Gasteiger partial charge in [0.25, 0.3) is 5.69 Å². The van der Waals surface area contributed by atoms with Crippen molar-refractivity contribution in [2.75, 3.05) is 0 Å². The fraction of sp³-hybridized carbons (Fsp3) is 0.500. The SMILES string of the molecule is Cc1ccc([N+](=O)[O-])c(C)c1COC(=O)C1C(/C=C(/Cl)C(F)(F)F)C1(C)C. The van der Waals surface area contributed by atoms with Crippen molar-refractivity contribution in [1.29, 1.82) is 0 Å². The van der Waals surface area contributed by atoms with Crippen molar-refractivity contribution in [3.63, 3.8) is 0 Å². The molecule has 0 saturated heterocycles. The number of nitrogens with zero attached hydrogens (tertiary/aromatic N) is 1. The zero-order valence-corrected chi connectivity index (χ0v) is 15.9. The highest BCUT2D eigenvalue weighted by molar-refractivity contribution is 6.30. The van der Waals surface area contributed by atoms with Gasteiger partial charge in [-0.1, -0.05) is 37.6 Å². The molecule has 0 amide bonds. The van der Waals surface area contributed by atoms with Crippen molar-refractivity contribution in [3.8, 4) is 0 Å². The van der Waals surface area contributed by atoms with Crippen LogP contribution in [0.15, 0.2) is 23.2 Å². The molecule has 0 heterocycles. The normalized spacial score (nSPS) is 21.7. The van der Waals surface area contributed by atoms with Gasteiger partial charge >= 0.3 is 12.1 Å². The average molecular weight is 406 g/mol. The summed E-state index contributed by atoms with van der Waals surface area (Å²) < 4.78 is 43.1. The van der Waals surface area contributed by atoms with E-state index in [4.69, 9.17) is 16.3 Å². The van der Waals surface area contributed by atoms with Crippen molar-refractivity contribution in [2.24, 2.45) is 17.3 Å². The molecule has 1 fully saturated rings. The number of nitro groups is 1. The number of ether oxygens (including phenoxy) is 1. The van der Waals surface area contributed by atoms with E-state index in [-0.39, 0.29) is 12.3 Å². The molecule has 1 aromatic rings. The smallest absolute Gasteiger partial charge is 0.426 e. The Bertz CT molecular complexity index is 818. The molecule has 1 aliphatic carbocycles. The third kappa shape index (κ3) is 4.26. The maximum atomic E-state index is 12.6. The van der Waals surface area contributed by atoms with Crippen molar-refractivity contribution in [2.45, 2.75) is 40.5 Å². The number of alkyl halides is 3. The van der Waals surface area contributed by atoms with Crippen LogP contribution in [0.4, 0.5) is 18.9 Å². The Kier molecular flexibility index (Phi) is 5.61. The van der Waals surface area contributed by atoms with Gasteiger partial charge in [-0.15, -0.1) is 0 Å². The third-order valence-corrected chi connectivity index (χ3v) is 5.46. The largest absolute Gasteiger partial charge is 0.461 e. The van der Waals surface area contributed by atoms with Crippen LogP contribution in [0.2, 0.25) is 0 Å². The summed E-state index contributed by atoms with van der Waals surface area (Å²) in [6.07, 6.45) is -3.82. The standard InChI is InChI=1S/C18H19ClF3NO4/c1-9-5-6-13(23(25)26)10(2)11(9)8-27-16(24)15-12(17(15,3)4)7-14(19)18(20,21)22/h5-7,12,15H,8H2,1-4H3/b14-7+. The van der Waals surface area contributed by atoms with Crippen LogP contribution in [0.3, 0.4) is 0 Å². The van der Waals surface area contributed by atoms with Crippen molar-refractivity contribution in [3.05, 3.63) is 50.0 Å². The number of halogens is 4. The van der Waals surface area contributed by atoms with Crippen LogP contribution in [0.5, 0.6) is 0 Å². The van der Waals surface area contributed by atoms with Gasteiger partial charge in [-0.3, -0.25) is 14.9 Å². The minimum atomic E-state index is -4.66. The van der Waals surface area contributed by atoms with Gasteiger partial charge in [-0.25, -0.2) is 0 Å². The van der Waals surface area contributed by atoms with Gasteiger partial charge in [0.05, 0.1) is 10.8 Å². The molecule has 2 atom stereocenters. The van der Waals surface area contributed by atoms with Crippen molar-refractivity contribution in [1.82, 2.24) is 0 Å². The molecule has 0 N–H and O–H groups in total. The summed E-state index contributed by atoms with van der Waals surface area (Å²) in [4.78, 5) is 22.9. The molecule has 2 rings (SSSR count). The molecule has 148 valence electrons. The Morgan fingerprint density at radius 3 is 2.48 bits per heavy atom. The molecule has 2 unspecified atom stereocenters. The van der Waals surface area contributed by atoms with E-state index in [2.05, 4.69) is 0 Å². The summed E-state index contributed by atoms with van der Waals surface area (Å²) in [6, 6.07) is 2.93. The molecule has 0 aliphatic heterocycles. The van der Waals surface area contributed by atoms with E-state index in [1.807, 2.05) is 0 Å². The lowest BCUT2D eigenvalue weighted by Gasteiger charge is -2.11. The quantitative estimate of drug-likeness (QED) is 0.383. The predicted molar refractivity (Wildman–Crippen MR) is 93.1 cm³/mol. The minimum Gasteiger partial charge on any atom is -0.461 e. The number of nitro benzene ring substituents is 1. The van der Waals surface area contributed by atoms with E-state index < -0.39 is 39.4 Å². The molecule has 9 heteroatoms. The van der Waals surface area contributed by atoms with Crippen LogP contribution in [-0.2, 0) is 16.1 Å². The fourth-order valence-electron chi connectivity index (χ4n) is 3.22. The lowest BCUT2D eigenvalue weighted by molar-refractivity contribution is -0.385. The molecule has 0 spiro atoms. The van der Waals surface area contributed by atoms with Crippen LogP contribution in [-0.4, -0.2) is 17.1 Å². The Morgan fingerprint density at radius 1 is 1.37 bits per heavy atom. The number of carbonyl (C=O) groups is 1. The summed E-state index contributed by atoms with van der Waals surface area (Å²) >= 11 is 5.27. The zero-order valence-electron chi connectivity index (χ0n) is 15.2. The van der Waals surface area contributed by atoms with Crippen LogP contribution in [0.25, 0.3) is 0 Å². The van der Waals surface area contributed by atoms with E-state index >= 15 is 0 Å². The van der Waals surface area contributed by atoms with Gasteiger partial charge in [0, 0.05) is 17.2 Å². The number of aryl methyl sites for hydroxylation is 1. The maximum Gasteiger partial charge on any atom is 0.426 e. The Hall–Kier alpha value is -2.09. The van der Waals surface area contributed by atoms with Gasteiger partial charge in [0.15, 0.2) is 0 Å². The number of carbonyl (C=O) groups excluding carboxylic acids is 1. The number of allylic oxidation sites excluding steroid dienone is 2. The molecule has 0 bridgehead atoms. The number of esters is 1. The zero-order chi connectivity index (χ0) is 20.7. The molecule has 5 nitrogen and oxygen atoms in total. The summed E-state index contributed by atoms with van der Waals surface area (Å²) in [5.74, 6) is -2.10. The molecule has 1 aliphatic rings. The van der Waals surface area contributed by atoms with Gasteiger partial charge in [-0.2, -0.15) is 13.2 Å². The van der Waals surface area contributed by atoms with E-state index in [9.17, 15) is 28.1 Å². The van der Waals surface area contributed by atoms with E-state index in [1.165, 1.54) is 6.07 Å². The van der Waals surface area contributed by atoms with E-state index in [1.54, 1.807) is 33.8 Å². The Balaban J connectivity index is 2.14. The second-order valence-corrected chi connectivity index (χ2v) is 7.61. The maximum absolute atomic E-state index is 12.6. The van der Waals surface area contributed by atoms with E-state index in [0.29, 0.717) is 11.1 Å². The highest BCUT2D eigenvalue weighted by atomic mass is 35.5. The number of benzene rings is 1. The average Bonchev–Trinajstić information content (AvgIpc) is 3.06. The van der Waals surface area contributed by atoms with Gasteiger partial charge < -0.3 is 4.74 Å². The van der Waals surface area contributed by atoms with Crippen LogP contribution in [0.1, 0.15) is 30.5 Å². The topological polar surface area (TPSA) is 69.4 Å². The van der Waals surface area contributed by atoms with Crippen molar-refractivity contribution >= 4 is 23.3 Å². The second-order valence-electron chi connectivity index (χ2n) is 7.21. The van der Waals surface area contributed by atoms with Crippen molar-refractivity contribution < 1.29 is 27.6 Å². The van der Waals surface area contributed by atoms with Gasteiger partial charge in [0.1, 0.15) is 11.6 Å². The molecule has 1 saturated carbocycles. The van der Waals surface area contributed by atoms with Gasteiger partial charge in [0.2, 0.25) is 0 Å². The summed E-state index contributed by atoms with van der Waals surface area (Å²) in [5, 5.41) is 9.78. The molecular formula is C18H19ClF3NO4. The van der Waals surface area contributed by atoms with Crippen LogP contribution in [0, 0.1) is 41.2 Å². The van der Waals surface area contributed by atoms with E-state index in [0.717, 1.165) is 11.6 Å². The molecule has 0 aromatic heterocycles. The highest BCUT2D eigenvalue weighted by Crippen LogP contribution is 2.60. The lowest BCUT2D eigenvalue weighted by Crippen LogP contribution is -2.12. The number of hydrogen-bond donors (Lipinski definition) is 0. The first-order valence-corrected chi connectivity index (χ1v) is 8.51. The molecule has 27 heavy (non-hydrogen) atoms. The molecular weight excluding hydrogens is 387 g/mol. The number of rotatable bonds is 5. The highest BCUT2D eigenvalue weighted by Gasteiger charge is 2.62. The first-order chi connectivity index (χ1) is 12.3. The Labute approximate surface area is 159 Å².